The normalized spacial score (nSPS) is 10.7. The molecule has 2 heteroatoms. The molecule has 0 amide bonds. The number of ether oxygens (including phenoxy) is 2. The third-order valence-corrected chi connectivity index (χ3v) is 3.48. The first-order chi connectivity index (χ1) is 10.7. The summed E-state index contributed by atoms with van der Waals surface area (Å²) in [6.45, 7) is 5.87. The molecule has 0 saturated heterocycles. The molecule has 0 bridgehead atoms. The molecule has 0 aliphatic rings. The maximum Gasteiger partial charge on any atom is 0.119 e. The molecule has 118 valence electrons. The zero-order valence-corrected chi connectivity index (χ0v) is 13.6. The second kappa shape index (κ2) is 9.14. The van der Waals surface area contributed by atoms with Gasteiger partial charge in [-0.15, -0.1) is 0 Å². The minimum absolute atomic E-state index is 0.678. The van der Waals surface area contributed by atoms with Crippen molar-refractivity contribution in [1.82, 2.24) is 0 Å². The van der Waals surface area contributed by atoms with E-state index in [1.54, 1.807) is 0 Å². The van der Waals surface area contributed by atoms with Crippen LogP contribution >= 0.6 is 0 Å². The van der Waals surface area contributed by atoms with Crippen LogP contribution in [0, 0.1) is 5.92 Å². The van der Waals surface area contributed by atoms with Gasteiger partial charge in [0.1, 0.15) is 11.5 Å². The van der Waals surface area contributed by atoms with E-state index in [1.165, 1.54) is 12.0 Å². The van der Waals surface area contributed by atoms with Gasteiger partial charge in [0.05, 0.1) is 13.2 Å². The standard InChI is InChI=1S/C20H26O2/c1-17(2)12-13-18-8-6-11-20(16-18)22-15-7-14-21-19-9-4-3-5-10-19/h3-6,8-11,16-17H,7,12-15H2,1-2H3. The van der Waals surface area contributed by atoms with E-state index in [-0.39, 0.29) is 0 Å². The molecule has 2 rings (SSSR count). The first-order valence-electron chi connectivity index (χ1n) is 8.13. The van der Waals surface area contributed by atoms with E-state index in [0.717, 1.165) is 30.3 Å². The summed E-state index contributed by atoms with van der Waals surface area (Å²) < 4.78 is 11.5. The molecule has 0 N–H and O–H groups in total. The van der Waals surface area contributed by atoms with Crippen LogP contribution in [0.5, 0.6) is 11.5 Å². The van der Waals surface area contributed by atoms with E-state index in [9.17, 15) is 0 Å². The van der Waals surface area contributed by atoms with E-state index in [4.69, 9.17) is 9.47 Å². The van der Waals surface area contributed by atoms with Crippen LogP contribution < -0.4 is 9.47 Å². The van der Waals surface area contributed by atoms with Crippen molar-refractivity contribution in [2.24, 2.45) is 5.92 Å². The molecule has 0 aliphatic carbocycles. The molecule has 22 heavy (non-hydrogen) atoms. The Hall–Kier alpha value is -1.96. The van der Waals surface area contributed by atoms with Gasteiger partial charge < -0.3 is 9.47 Å². The van der Waals surface area contributed by atoms with E-state index in [0.29, 0.717) is 13.2 Å². The summed E-state index contributed by atoms with van der Waals surface area (Å²) in [5.41, 5.74) is 1.35. The molecule has 0 saturated carbocycles. The van der Waals surface area contributed by atoms with Gasteiger partial charge in [0, 0.05) is 6.42 Å². The fourth-order valence-electron chi connectivity index (χ4n) is 2.20. The summed E-state index contributed by atoms with van der Waals surface area (Å²) in [5.74, 6) is 2.61. The third-order valence-electron chi connectivity index (χ3n) is 3.48. The molecule has 2 nitrogen and oxygen atoms in total. The fraction of sp³-hybridized carbons (Fsp3) is 0.400. The Morgan fingerprint density at radius 3 is 2.23 bits per heavy atom. The molecule has 0 spiro atoms. The van der Waals surface area contributed by atoms with Crippen molar-refractivity contribution < 1.29 is 9.47 Å². The number of rotatable bonds is 9. The Bertz CT molecular complexity index is 534. The Morgan fingerprint density at radius 2 is 1.50 bits per heavy atom. The SMILES string of the molecule is CC(C)CCc1cccc(OCCCOc2ccccc2)c1. The Morgan fingerprint density at radius 1 is 0.818 bits per heavy atom. The van der Waals surface area contributed by atoms with Crippen molar-refractivity contribution >= 4 is 0 Å². The highest BCUT2D eigenvalue weighted by molar-refractivity contribution is 5.28. The van der Waals surface area contributed by atoms with E-state index in [1.807, 2.05) is 36.4 Å². The van der Waals surface area contributed by atoms with Gasteiger partial charge in [-0.3, -0.25) is 0 Å². The summed E-state index contributed by atoms with van der Waals surface area (Å²) >= 11 is 0. The van der Waals surface area contributed by atoms with E-state index >= 15 is 0 Å². The van der Waals surface area contributed by atoms with Crippen LogP contribution in [0.2, 0.25) is 0 Å². The maximum atomic E-state index is 5.81. The average molecular weight is 298 g/mol. The van der Waals surface area contributed by atoms with Crippen LogP contribution in [0.3, 0.4) is 0 Å². The third kappa shape index (κ3) is 6.21. The summed E-state index contributed by atoms with van der Waals surface area (Å²) in [5, 5.41) is 0. The average Bonchev–Trinajstić information content (AvgIpc) is 2.54. The largest absolute Gasteiger partial charge is 0.493 e. The van der Waals surface area contributed by atoms with Gasteiger partial charge in [0.25, 0.3) is 0 Å². The first kappa shape index (κ1) is 16.4. The summed E-state index contributed by atoms with van der Waals surface area (Å²) in [4.78, 5) is 0. The lowest BCUT2D eigenvalue weighted by Gasteiger charge is -2.10. The van der Waals surface area contributed by atoms with Crippen LogP contribution in [-0.2, 0) is 6.42 Å². The van der Waals surface area contributed by atoms with Gasteiger partial charge in [0.15, 0.2) is 0 Å². The van der Waals surface area contributed by atoms with Crippen LogP contribution in [0.15, 0.2) is 54.6 Å². The quantitative estimate of drug-likeness (QED) is 0.598. The minimum atomic E-state index is 0.678. The van der Waals surface area contributed by atoms with Crippen LogP contribution in [0.4, 0.5) is 0 Å². The van der Waals surface area contributed by atoms with Crippen molar-refractivity contribution in [3.8, 4) is 11.5 Å². The number of para-hydroxylation sites is 1. The van der Waals surface area contributed by atoms with E-state index in [2.05, 4.69) is 32.0 Å². The molecule has 0 atom stereocenters. The lowest BCUT2D eigenvalue weighted by molar-refractivity contribution is 0.247. The summed E-state index contributed by atoms with van der Waals surface area (Å²) in [6, 6.07) is 18.3. The number of hydrogen-bond acceptors (Lipinski definition) is 2. The molecule has 2 aromatic carbocycles. The second-order valence-electron chi connectivity index (χ2n) is 5.94. The molecule has 0 fully saturated rings. The molecule has 0 heterocycles. The lowest BCUT2D eigenvalue weighted by atomic mass is 10.0. The highest BCUT2D eigenvalue weighted by Crippen LogP contribution is 2.16. The van der Waals surface area contributed by atoms with Crippen molar-refractivity contribution in [1.29, 1.82) is 0 Å². The number of benzene rings is 2. The van der Waals surface area contributed by atoms with Crippen molar-refractivity contribution in [3.05, 3.63) is 60.2 Å². The Labute approximate surface area is 134 Å². The van der Waals surface area contributed by atoms with Gasteiger partial charge in [-0.1, -0.05) is 44.2 Å². The Balaban J connectivity index is 1.67. The van der Waals surface area contributed by atoms with E-state index < -0.39 is 0 Å². The van der Waals surface area contributed by atoms with Crippen LogP contribution in [0.25, 0.3) is 0 Å². The van der Waals surface area contributed by atoms with Gasteiger partial charge >= 0.3 is 0 Å². The van der Waals surface area contributed by atoms with Gasteiger partial charge in [0.2, 0.25) is 0 Å². The molecule has 0 radical (unpaired) electrons. The van der Waals surface area contributed by atoms with Crippen LogP contribution in [-0.4, -0.2) is 13.2 Å². The molecule has 2 aromatic rings. The molecular formula is C20H26O2. The second-order valence-corrected chi connectivity index (χ2v) is 5.94. The minimum Gasteiger partial charge on any atom is -0.493 e. The van der Waals surface area contributed by atoms with Gasteiger partial charge in [-0.25, -0.2) is 0 Å². The fourth-order valence-corrected chi connectivity index (χ4v) is 2.20. The summed E-state index contributed by atoms with van der Waals surface area (Å²) in [6.07, 6.45) is 3.21. The van der Waals surface area contributed by atoms with Crippen LogP contribution in [0.1, 0.15) is 32.3 Å². The first-order valence-corrected chi connectivity index (χ1v) is 8.13. The highest BCUT2D eigenvalue weighted by Gasteiger charge is 2.00. The smallest absolute Gasteiger partial charge is 0.119 e. The predicted octanol–water partition coefficient (Wildman–Crippen LogP) is 5.12. The topological polar surface area (TPSA) is 18.5 Å². The number of hydrogen-bond donors (Lipinski definition) is 0. The highest BCUT2D eigenvalue weighted by atomic mass is 16.5. The van der Waals surface area contributed by atoms with Gasteiger partial charge in [-0.05, 0) is 48.6 Å². The molecule has 0 aromatic heterocycles. The molecular weight excluding hydrogens is 272 g/mol. The molecule has 0 unspecified atom stereocenters. The van der Waals surface area contributed by atoms with Gasteiger partial charge in [-0.2, -0.15) is 0 Å². The maximum absolute atomic E-state index is 5.81. The van der Waals surface area contributed by atoms with Crippen molar-refractivity contribution in [3.63, 3.8) is 0 Å². The molecule has 0 aliphatic heterocycles. The zero-order chi connectivity index (χ0) is 15.6. The lowest BCUT2D eigenvalue weighted by Crippen LogP contribution is -2.05. The summed E-state index contributed by atoms with van der Waals surface area (Å²) in [7, 11) is 0. The number of aryl methyl sites for hydroxylation is 1. The van der Waals surface area contributed by atoms with Crippen molar-refractivity contribution in [2.75, 3.05) is 13.2 Å². The monoisotopic (exact) mass is 298 g/mol. The predicted molar refractivity (Wildman–Crippen MR) is 91.7 cm³/mol. The Kier molecular flexibility index (Phi) is 6.82. The van der Waals surface area contributed by atoms with Crippen molar-refractivity contribution in [2.45, 2.75) is 33.1 Å². The zero-order valence-electron chi connectivity index (χ0n) is 13.6.